The third kappa shape index (κ3) is 6.61. The van der Waals surface area contributed by atoms with E-state index in [0.29, 0.717) is 6.61 Å². The first-order chi connectivity index (χ1) is 8.22. The van der Waals surface area contributed by atoms with Gasteiger partial charge >= 0.3 is 5.97 Å². The second-order valence-corrected chi connectivity index (χ2v) is 4.48. The highest BCUT2D eigenvalue weighted by Gasteiger charge is 2.15. The Balaban J connectivity index is 2.03. The van der Waals surface area contributed by atoms with Crippen LogP contribution >= 0.6 is 0 Å². The van der Waals surface area contributed by atoms with Crippen LogP contribution in [-0.2, 0) is 9.53 Å². The molecule has 1 rings (SSSR count). The Bertz CT molecular complexity index is 216. The summed E-state index contributed by atoms with van der Waals surface area (Å²) < 4.78 is 4.95. The SMILES string of the molecule is CNCCCN1CCN(CCOC(C)=O)CC1. The summed E-state index contributed by atoms with van der Waals surface area (Å²) in [5.74, 6) is -0.185. The molecule has 0 aromatic rings. The van der Waals surface area contributed by atoms with Gasteiger partial charge < -0.3 is 15.0 Å². The molecule has 1 N–H and O–H groups in total. The van der Waals surface area contributed by atoms with E-state index >= 15 is 0 Å². The fraction of sp³-hybridized carbons (Fsp3) is 0.917. The molecule has 5 nitrogen and oxygen atoms in total. The normalized spacial score (nSPS) is 18.2. The van der Waals surface area contributed by atoms with Gasteiger partial charge in [-0.1, -0.05) is 0 Å². The molecule has 0 aromatic heterocycles. The van der Waals surface area contributed by atoms with Gasteiger partial charge in [-0.2, -0.15) is 0 Å². The highest BCUT2D eigenvalue weighted by atomic mass is 16.5. The summed E-state index contributed by atoms with van der Waals surface area (Å²) in [4.78, 5) is 15.5. The van der Waals surface area contributed by atoms with Crippen molar-refractivity contribution in [3.8, 4) is 0 Å². The number of piperazine rings is 1. The predicted octanol–water partition coefficient (Wildman–Crippen LogP) is -0.223. The number of hydrogen-bond acceptors (Lipinski definition) is 5. The third-order valence-corrected chi connectivity index (χ3v) is 3.08. The van der Waals surface area contributed by atoms with Crippen molar-refractivity contribution in [1.82, 2.24) is 15.1 Å². The van der Waals surface area contributed by atoms with Crippen molar-refractivity contribution in [2.45, 2.75) is 13.3 Å². The van der Waals surface area contributed by atoms with Gasteiger partial charge in [0.2, 0.25) is 0 Å². The monoisotopic (exact) mass is 243 g/mol. The average molecular weight is 243 g/mol. The molecule has 0 amide bonds. The number of hydrogen-bond donors (Lipinski definition) is 1. The third-order valence-electron chi connectivity index (χ3n) is 3.08. The van der Waals surface area contributed by atoms with Gasteiger partial charge in [0.25, 0.3) is 0 Å². The minimum atomic E-state index is -0.185. The van der Waals surface area contributed by atoms with Crippen LogP contribution in [0.4, 0.5) is 0 Å². The van der Waals surface area contributed by atoms with Crippen molar-refractivity contribution in [1.29, 1.82) is 0 Å². The molecule has 1 aliphatic rings. The first-order valence-corrected chi connectivity index (χ1v) is 6.45. The van der Waals surface area contributed by atoms with Gasteiger partial charge in [0.15, 0.2) is 0 Å². The molecule has 1 heterocycles. The first kappa shape index (κ1) is 14.4. The molecule has 0 atom stereocenters. The number of carbonyl (C=O) groups excluding carboxylic acids is 1. The zero-order chi connectivity index (χ0) is 12.5. The minimum Gasteiger partial charge on any atom is -0.465 e. The fourth-order valence-electron chi connectivity index (χ4n) is 2.03. The van der Waals surface area contributed by atoms with Gasteiger partial charge in [0.05, 0.1) is 0 Å². The number of rotatable bonds is 7. The number of nitrogens with zero attached hydrogens (tertiary/aromatic N) is 2. The lowest BCUT2D eigenvalue weighted by Gasteiger charge is -2.34. The van der Waals surface area contributed by atoms with Crippen molar-refractivity contribution < 1.29 is 9.53 Å². The molecule has 0 spiro atoms. The Morgan fingerprint density at radius 2 is 1.76 bits per heavy atom. The molecule has 0 radical (unpaired) electrons. The van der Waals surface area contributed by atoms with Crippen LogP contribution in [0.25, 0.3) is 0 Å². The number of ether oxygens (including phenoxy) is 1. The van der Waals surface area contributed by atoms with Crippen molar-refractivity contribution >= 4 is 5.97 Å². The summed E-state index contributed by atoms with van der Waals surface area (Å²) >= 11 is 0. The molecule has 1 saturated heterocycles. The summed E-state index contributed by atoms with van der Waals surface area (Å²) in [7, 11) is 1.99. The predicted molar refractivity (Wildman–Crippen MR) is 68.1 cm³/mol. The van der Waals surface area contributed by atoms with Crippen LogP contribution in [0.1, 0.15) is 13.3 Å². The lowest BCUT2D eigenvalue weighted by molar-refractivity contribution is -0.141. The molecular formula is C12H25N3O2. The first-order valence-electron chi connectivity index (χ1n) is 6.45. The van der Waals surface area contributed by atoms with Crippen LogP contribution < -0.4 is 5.32 Å². The minimum absolute atomic E-state index is 0.185. The van der Waals surface area contributed by atoms with Crippen molar-refractivity contribution in [3.63, 3.8) is 0 Å². The second kappa shape index (κ2) is 8.44. The van der Waals surface area contributed by atoms with E-state index in [4.69, 9.17) is 4.74 Å². The van der Waals surface area contributed by atoms with E-state index in [-0.39, 0.29) is 5.97 Å². The fourth-order valence-corrected chi connectivity index (χ4v) is 2.03. The molecule has 0 aromatic carbocycles. The van der Waals surface area contributed by atoms with E-state index in [1.165, 1.54) is 19.9 Å². The lowest BCUT2D eigenvalue weighted by Crippen LogP contribution is -2.47. The van der Waals surface area contributed by atoms with Crippen molar-refractivity contribution in [2.75, 3.05) is 59.5 Å². The molecule has 0 saturated carbocycles. The van der Waals surface area contributed by atoms with Crippen LogP contribution in [-0.4, -0.2) is 75.2 Å². The maximum atomic E-state index is 10.6. The molecule has 1 fully saturated rings. The smallest absolute Gasteiger partial charge is 0.302 e. The summed E-state index contributed by atoms with van der Waals surface area (Å²) in [6, 6.07) is 0. The quantitative estimate of drug-likeness (QED) is 0.494. The standard InChI is InChI=1S/C12H25N3O2/c1-12(16)17-11-10-15-8-6-14(7-9-15)5-3-4-13-2/h13H,3-11H2,1-2H3. The van der Waals surface area contributed by atoms with Crippen molar-refractivity contribution in [2.24, 2.45) is 0 Å². The average Bonchev–Trinajstić information content (AvgIpc) is 2.31. The molecular weight excluding hydrogens is 218 g/mol. The molecule has 1 aliphatic heterocycles. The lowest BCUT2D eigenvalue weighted by atomic mass is 10.3. The summed E-state index contributed by atoms with van der Waals surface area (Å²) in [6.07, 6.45) is 1.21. The molecule has 0 aliphatic carbocycles. The largest absolute Gasteiger partial charge is 0.465 e. The van der Waals surface area contributed by atoms with E-state index in [1.54, 1.807) is 0 Å². The Labute approximate surface area is 104 Å². The van der Waals surface area contributed by atoms with E-state index < -0.39 is 0 Å². The number of esters is 1. The Morgan fingerprint density at radius 1 is 1.18 bits per heavy atom. The van der Waals surface area contributed by atoms with Gasteiger partial charge in [0, 0.05) is 39.6 Å². The Morgan fingerprint density at radius 3 is 2.29 bits per heavy atom. The second-order valence-electron chi connectivity index (χ2n) is 4.48. The number of nitrogens with one attached hydrogen (secondary N) is 1. The maximum absolute atomic E-state index is 10.6. The van der Waals surface area contributed by atoms with Gasteiger partial charge in [-0.05, 0) is 26.6 Å². The van der Waals surface area contributed by atoms with E-state index in [9.17, 15) is 4.79 Å². The molecule has 0 unspecified atom stereocenters. The van der Waals surface area contributed by atoms with Gasteiger partial charge in [-0.15, -0.1) is 0 Å². The molecule has 17 heavy (non-hydrogen) atoms. The highest BCUT2D eigenvalue weighted by Crippen LogP contribution is 2.02. The van der Waals surface area contributed by atoms with Gasteiger partial charge in [-0.3, -0.25) is 9.69 Å². The highest BCUT2D eigenvalue weighted by molar-refractivity contribution is 5.65. The van der Waals surface area contributed by atoms with E-state index in [2.05, 4.69) is 15.1 Å². The van der Waals surface area contributed by atoms with E-state index in [0.717, 1.165) is 39.3 Å². The van der Waals surface area contributed by atoms with Crippen LogP contribution in [0.15, 0.2) is 0 Å². The van der Waals surface area contributed by atoms with Crippen LogP contribution in [0.2, 0.25) is 0 Å². The maximum Gasteiger partial charge on any atom is 0.302 e. The topological polar surface area (TPSA) is 44.8 Å². The van der Waals surface area contributed by atoms with Gasteiger partial charge in [-0.25, -0.2) is 0 Å². The number of carbonyl (C=O) groups is 1. The van der Waals surface area contributed by atoms with E-state index in [1.807, 2.05) is 7.05 Å². The molecule has 5 heteroatoms. The molecule has 100 valence electrons. The van der Waals surface area contributed by atoms with Gasteiger partial charge in [0.1, 0.15) is 6.61 Å². The van der Waals surface area contributed by atoms with Crippen LogP contribution in [0.5, 0.6) is 0 Å². The summed E-state index contributed by atoms with van der Waals surface area (Å²) in [5, 5.41) is 3.17. The van der Waals surface area contributed by atoms with Crippen molar-refractivity contribution in [3.05, 3.63) is 0 Å². The summed E-state index contributed by atoms with van der Waals surface area (Å²) in [6.45, 7) is 9.54. The van der Waals surface area contributed by atoms with Crippen LogP contribution in [0, 0.1) is 0 Å². The molecule has 0 bridgehead atoms. The Kier molecular flexibility index (Phi) is 7.16. The summed E-state index contributed by atoms with van der Waals surface area (Å²) in [5.41, 5.74) is 0. The zero-order valence-corrected chi connectivity index (χ0v) is 11.1. The van der Waals surface area contributed by atoms with Crippen LogP contribution in [0.3, 0.4) is 0 Å². The zero-order valence-electron chi connectivity index (χ0n) is 11.1. The Hall–Kier alpha value is -0.650.